The minimum atomic E-state index is 0. The average molecular weight is 153 g/mol. The van der Waals surface area contributed by atoms with Crippen molar-refractivity contribution >= 4 is 24.0 Å². The topological polar surface area (TPSA) is 0 Å². The van der Waals surface area contributed by atoms with E-state index in [1.165, 1.54) is 12.8 Å². The normalized spacial score (nSPS) is 6.25. The second-order valence-corrected chi connectivity index (χ2v) is 1.56. The van der Waals surface area contributed by atoms with Crippen LogP contribution >= 0.6 is 24.0 Å². The quantitative estimate of drug-likeness (QED) is 0.422. The van der Waals surface area contributed by atoms with Gasteiger partial charge in [0.2, 0.25) is 0 Å². The maximum atomic E-state index is 5.08. The van der Waals surface area contributed by atoms with E-state index in [-0.39, 0.29) is 12.4 Å². The van der Waals surface area contributed by atoms with Gasteiger partial charge in [-0.25, -0.2) is 0 Å². The molecule has 0 aliphatic rings. The van der Waals surface area contributed by atoms with Crippen LogP contribution in [0.4, 0.5) is 0 Å². The molecule has 0 spiro atoms. The molecule has 0 radical (unpaired) electrons. The molecule has 0 rings (SSSR count). The molecule has 0 aliphatic carbocycles. The van der Waals surface area contributed by atoms with Gasteiger partial charge in [-0.15, -0.1) is 12.4 Å². The molecule has 0 unspecified atom stereocenters. The van der Waals surface area contributed by atoms with E-state index in [0.29, 0.717) is 0 Å². The molecule has 0 heterocycles. The molecule has 0 aromatic carbocycles. The third kappa shape index (κ3) is 9.46. The number of rotatable bonds is 2. The standard InChI is InChI=1S/C6H9Cl.ClH/c1-2-3-4-5-6-7;/h2-4H2,1H3;1H. The fourth-order valence-corrected chi connectivity index (χ4v) is 0.407. The highest BCUT2D eigenvalue weighted by Gasteiger charge is 1.73. The monoisotopic (exact) mass is 152 g/mol. The number of hydrogen-bond acceptors (Lipinski definition) is 0. The van der Waals surface area contributed by atoms with Gasteiger partial charge in [0.25, 0.3) is 0 Å². The lowest BCUT2D eigenvalue weighted by Crippen LogP contribution is -1.63. The van der Waals surface area contributed by atoms with E-state index in [2.05, 4.69) is 18.2 Å². The Morgan fingerprint density at radius 1 is 1.50 bits per heavy atom. The van der Waals surface area contributed by atoms with E-state index < -0.39 is 0 Å². The van der Waals surface area contributed by atoms with Gasteiger partial charge < -0.3 is 0 Å². The predicted octanol–water partition coefficient (Wildman–Crippen LogP) is 2.80. The summed E-state index contributed by atoms with van der Waals surface area (Å²) in [5, 5.41) is 2.32. The van der Waals surface area contributed by atoms with Crippen molar-refractivity contribution < 1.29 is 0 Å². The highest BCUT2D eigenvalue weighted by molar-refractivity contribution is 6.30. The molecule has 0 aromatic rings. The fourth-order valence-electron chi connectivity index (χ4n) is 0.312. The Balaban J connectivity index is 0. The van der Waals surface area contributed by atoms with Crippen LogP contribution < -0.4 is 0 Å². The molecule has 0 atom stereocenters. The van der Waals surface area contributed by atoms with Crippen LogP contribution in [0.15, 0.2) is 0 Å². The van der Waals surface area contributed by atoms with Crippen LogP contribution in [0.3, 0.4) is 0 Å². The average Bonchev–Trinajstić information content (AvgIpc) is 1.69. The van der Waals surface area contributed by atoms with Crippen LogP contribution in [0, 0.1) is 11.3 Å². The van der Waals surface area contributed by atoms with Crippen molar-refractivity contribution in [3.63, 3.8) is 0 Å². The van der Waals surface area contributed by atoms with Gasteiger partial charge in [0.1, 0.15) is 0 Å². The van der Waals surface area contributed by atoms with Gasteiger partial charge in [0, 0.05) is 11.8 Å². The fraction of sp³-hybridized carbons (Fsp3) is 0.667. The van der Waals surface area contributed by atoms with Crippen molar-refractivity contribution in [1.82, 2.24) is 0 Å². The van der Waals surface area contributed by atoms with Crippen LogP contribution in [-0.4, -0.2) is 0 Å². The summed E-state index contributed by atoms with van der Waals surface area (Å²) >= 11 is 5.08. The molecule has 2 heteroatoms. The Morgan fingerprint density at radius 2 is 2.12 bits per heavy atom. The van der Waals surface area contributed by atoms with Crippen molar-refractivity contribution in [3.05, 3.63) is 0 Å². The van der Waals surface area contributed by atoms with Crippen LogP contribution in [0.1, 0.15) is 26.2 Å². The Hall–Kier alpha value is 0.140. The zero-order valence-electron chi connectivity index (χ0n) is 4.91. The predicted molar refractivity (Wildman–Crippen MR) is 40.4 cm³/mol. The Labute approximate surface area is 62.0 Å². The van der Waals surface area contributed by atoms with Crippen LogP contribution in [0.5, 0.6) is 0 Å². The maximum absolute atomic E-state index is 5.08. The first-order valence-corrected chi connectivity index (χ1v) is 2.88. The van der Waals surface area contributed by atoms with Crippen LogP contribution in [0.2, 0.25) is 0 Å². The minimum absolute atomic E-state index is 0. The van der Waals surface area contributed by atoms with Gasteiger partial charge in [-0.1, -0.05) is 19.3 Å². The van der Waals surface area contributed by atoms with E-state index in [1.54, 1.807) is 0 Å². The summed E-state index contributed by atoms with van der Waals surface area (Å²) in [7, 11) is 0. The summed E-state index contributed by atoms with van der Waals surface area (Å²) in [5.41, 5.74) is 0. The van der Waals surface area contributed by atoms with Crippen molar-refractivity contribution in [2.75, 3.05) is 0 Å². The van der Waals surface area contributed by atoms with E-state index in [9.17, 15) is 0 Å². The van der Waals surface area contributed by atoms with E-state index >= 15 is 0 Å². The highest BCUT2D eigenvalue weighted by atomic mass is 35.5. The molecule has 0 amide bonds. The molecule has 48 valence electrons. The molecule has 0 fully saturated rings. The third-order valence-corrected chi connectivity index (χ3v) is 0.856. The first kappa shape index (κ1) is 11.0. The summed E-state index contributed by atoms with van der Waals surface area (Å²) < 4.78 is 0. The summed E-state index contributed by atoms with van der Waals surface area (Å²) in [6.07, 6.45) is 3.31. The lowest BCUT2D eigenvalue weighted by atomic mass is 10.3. The van der Waals surface area contributed by atoms with Gasteiger partial charge in [-0.3, -0.25) is 0 Å². The molecule has 0 saturated carbocycles. The molecule has 0 aliphatic heterocycles. The van der Waals surface area contributed by atoms with Crippen LogP contribution in [-0.2, 0) is 0 Å². The van der Waals surface area contributed by atoms with Crippen molar-refractivity contribution in [1.29, 1.82) is 0 Å². The smallest absolute Gasteiger partial charge is 0.0101 e. The molecule has 0 nitrogen and oxygen atoms in total. The van der Waals surface area contributed by atoms with Crippen molar-refractivity contribution in [2.45, 2.75) is 26.2 Å². The molecule has 0 bridgehead atoms. The minimum Gasteiger partial charge on any atom is -0.147 e. The lowest BCUT2D eigenvalue weighted by molar-refractivity contribution is 0.828. The van der Waals surface area contributed by atoms with Crippen LogP contribution in [0.25, 0.3) is 0 Å². The highest BCUT2D eigenvalue weighted by Crippen LogP contribution is 1.90. The largest absolute Gasteiger partial charge is 0.147 e. The van der Waals surface area contributed by atoms with Gasteiger partial charge in [-0.2, -0.15) is 0 Å². The molecular weight excluding hydrogens is 143 g/mol. The van der Waals surface area contributed by atoms with Gasteiger partial charge in [0.15, 0.2) is 0 Å². The summed E-state index contributed by atoms with van der Waals surface area (Å²) in [6, 6.07) is 0. The SMILES string of the molecule is CCCCC#CCl.Cl. The zero-order chi connectivity index (χ0) is 5.54. The van der Waals surface area contributed by atoms with Crippen molar-refractivity contribution in [3.8, 4) is 11.3 Å². The summed E-state index contributed by atoms with van der Waals surface area (Å²) in [6.45, 7) is 2.13. The number of unbranched alkanes of at least 4 members (excludes halogenated alkanes) is 2. The second kappa shape index (κ2) is 10.2. The first-order valence-electron chi connectivity index (χ1n) is 2.50. The van der Waals surface area contributed by atoms with Gasteiger partial charge >= 0.3 is 0 Å². The zero-order valence-corrected chi connectivity index (χ0v) is 6.48. The third-order valence-electron chi connectivity index (χ3n) is 0.722. The van der Waals surface area contributed by atoms with E-state index in [4.69, 9.17) is 11.6 Å². The van der Waals surface area contributed by atoms with Crippen molar-refractivity contribution in [2.24, 2.45) is 0 Å². The molecule has 0 aromatic heterocycles. The second-order valence-electron chi connectivity index (χ2n) is 1.37. The Kier molecular flexibility index (Phi) is 14.0. The first-order chi connectivity index (χ1) is 3.41. The molecular formula is C6H10Cl2. The number of hydrogen-bond donors (Lipinski definition) is 0. The Morgan fingerprint density at radius 3 is 2.50 bits per heavy atom. The van der Waals surface area contributed by atoms with Gasteiger partial charge in [0.05, 0.1) is 0 Å². The summed E-state index contributed by atoms with van der Waals surface area (Å²) in [5.74, 6) is 2.76. The Bertz CT molecular complexity index is 78.3. The lowest BCUT2D eigenvalue weighted by Gasteiger charge is -1.80. The molecule has 0 saturated heterocycles. The maximum Gasteiger partial charge on any atom is 0.0101 e. The number of halogens is 2. The summed E-state index contributed by atoms with van der Waals surface area (Å²) in [4.78, 5) is 0. The van der Waals surface area contributed by atoms with E-state index in [0.717, 1.165) is 6.42 Å². The molecule has 0 N–H and O–H groups in total. The van der Waals surface area contributed by atoms with E-state index in [1.807, 2.05) is 0 Å². The molecule has 8 heavy (non-hydrogen) atoms. The van der Waals surface area contributed by atoms with Gasteiger partial charge in [-0.05, 0) is 18.0 Å².